The zero-order valence-electron chi connectivity index (χ0n) is 17.7. The minimum Gasteiger partial charge on any atom is -0.496 e. The fourth-order valence-corrected chi connectivity index (χ4v) is 4.49. The first-order valence-electron chi connectivity index (χ1n) is 10.5. The average molecular weight is 421 g/mol. The molecule has 1 saturated carbocycles. The van der Waals surface area contributed by atoms with Crippen molar-refractivity contribution in [3.63, 3.8) is 0 Å². The number of carbonyl (C=O) groups is 2. The Morgan fingerprint density at radius 1 is 1.13 bits per heavy atom. The van der Waals surface area contributed by atoms with Crippen LogP contribution in [0.5, 0.6) is 5.75 Å². The van der Waals surface area contributed by atoms with Crippen molar-refractivity contribution in [3.8, 4) is 5.75 Å². The molecular formula is C24H27N3O4. The standard InChI is InChI=1S/C24H27N3O4/c1-15-20(31-2)12-11-18(21(15)23(28)29)22(26-24(30)25-17-8-4-5-9-17)27-14-13-16-7-3-6-10-19(16)27/h3,6-7,10-14,17,22H,4-5,8-9H2,1-2H3,(H,28,29)(H2,25,26,30). The number of fused-ring (bicyclic) bond motifs is 1. The van der Waals surface area contributed by atoms with E-state index >= 15 is 0 Å². The maximum absolute atomic E-state index is 12.9. The van der Waals surface area contributed by atoms with Crippen LogP contribution >= 0.6 is 0 Å². The molecule has 4 rings (SSSR count). The van der Waals surface area contributed by atoms with Gasteiger partial charge in [-0.05, 0) is 43.4 Å². The number of para-hydroxylation sites is 1. The van der Waals surface area contributed by atoms with Gasteiger partial charge in [-0.3, -0.25) is 0 Å². The number of aromatic nitrogens is 1. The molecule has 0 aliphatic heterocycles. The molecule has 162 valence electrons. The van der Waals surface area contributed by atoms with Gasteiger partial charge in [-0.2, -0.15) is 0 Å². The van der Waals surface area contributed by atoms with E-state index in [-0.39, 0.29) is 17.6 Å². The van der Waals surface area contributed by atoms with Crippen molar-refractivity contribution in [2.24, 2.45) is 0 Å². The fourth-order valence-electron chi connectivity index (χ4n) is 4.49. The van der Waals surface area contributed by atoms with Gasteiger partial charge in [-0.1, -0.05) is 37.1 Å². The Morgan fingerprint density at radius 3 is 2.58 bits per heavy atom. The van der Waals surface area contributed by atoms with Crippen LogP contribution < -0.4 is 15.4 Å². The summed E-state index contributed by atoms with van der Waals surface area (Å²) >= 11 is 0. The Kier molecular flexibility index (Phi) is 5.84. The van der Waals surface area contributed by atoms with Crippen molar-refractivity contribution in [1.29, 1.82) is 0 Å². The molecule has 0 spiro atoms. The highest BCUT2D eigenvalue weighted by Crippen LogP contribution is 2.31. The van der Waals surface area contributed by atoms with Crippen LogP contribution in [0.4, 0.5) is 4.79 Å². The number of carbonyl (C=O) groups excluding carboxylic acids is 1. The molecule has 1 aromatic heterocycles. The summed E-state index contributed by atoms with van der Waals surface area (Å²) in [6.07, 6.45) is 5.32. The number of methoxy groups -OCH3 is 1. The smallest absolute Gasteiger partial charge is 0.336 e. The molecule has 31 heavy (non-hydrogen) atoms. The number of nitrogens with zero attached hydrogens (tertiary/aromatic N) is 1. The first-order chi connectivity index (χ1) is 15.0. The lowest BCUT2D eigenvalue weighted by atomic mass is 9.98. The fraction of sp³-hybridized carbons (Fsp3) is 0.333. The van der Waals surface area contributed by atoms with Gasteiger partial charge in [0.15, 0.2) is 0 Å². The molecule has 1 unspecified atom stereocenters. The maximum atomic E-state index is 12.9. The number of carboxylic acid groups (broad SMARTS) is 1. The van der Waals surface area contributed by atoms with E-state index in [0.29, 0.717) is 16.9 Å². The molecule has 0 radical (unpaired) electrons. The van der Waals surface area contributed by atoms with E-state index in [2.05, 4.69) is 10.6 Å². The molecule has 0 saturated heterocycles. The average Bonchev–Trinajstić information content (AvgIpc) is 3.41. The first-order valence-corrected chi connectivity index (χ1v) is 10.5. The lowest BCUT2D eigenvalue weighted by Gasteiger charge is -2.26. The van der Waals surface area contributed by atoms with Crippen LogP contribution in [-0.2, 0) is 0 Å². The Labute approximate surface area is 181 Å². The summed E-state index contributed by atoms with van der Waals surface area (Å²) in [4.78, 5) is 25.1. The van der Waals surface area contributed by atoms with Crippen molar-refractivity contribution < 1.29 is 19.4 Å². The van der Waals surface area contributed by atoms with E-state index < -0.39 is 12.1 Å². The number of urea groups is 1. The number of rotatable bonds is 6. The van der Waals surface area contributed by atoms with Crippen molar-refractivity contribution in [1.82, 2.24) is 15.2 Å². The minimum atomic E-state index is -1.06. The largest absolute Gasteiger partial charge is 0.496 e. The number of nitrogens with one attached hydrogen (secondary N) is 2. The Hall–Kier alpha value is -3.48. The highest BCUT2D eigenvalue weighted by atomic mass is 16.5. The maximum Gasteiger partial charge on any atom is 0.336 e. The number of benzene rings is 2. The van der Waals surface area contributed by atoms with Gasteiger partial charge in [0.05, 0.1) is 18.2 Å². The second kappa shape index (κ2) is 8.71. The lowest BCUT2D eigenvalue weighted by molar-refractivity contribution is 0.0693. The molecule has 0 bridgehead atoms. The number of hydrogen-bond donors (Lipinski definition) is 3. The van der Waals surface area contributed by atoms with Gasteiger partial charge < -0.3 is 25.0 Å². The predicted octanol–water partition coefficient (Wildman–Crippen LogP) is 4.45. The molecule has 1 aliphatic carbocycles. The van der Waals surface area contributed by atoms with Crippen LogP contribution in [0.1, 0.15) is 53.3 Å². The number of hydrogen-bond acceptors (Lipinski definition) is 3. The third kappa shape index (κ3) is 4.08. The van der Waals surface area contributed by atoms with E-state index in [1.54, 1.807) is 19.1 Å². The Balaban J connectivity index is 1.80. The molecule has 7 nitrogen and oxygen atoms in total. The summed E-state index contributed by atoms with van der Waals surface area (Å²) < 4.78 is 7.23. The van der Waals surface area contributed by atoms with Crippen LogP contribution in [0, 0.1) is 6.92 Å². The van der Waals surface area contributed by atoms with Crippen LogP contribution in [0.3, 0.4) is 0 Å². The molecular weight excluding hydrogens is 394 g/mol. The van der Waals surface area contributed by atoms with E-state index in [9.17, 15) is 14.7 Å². The summed E-state index contributed by atoms with van der Waals surface area (Å²) in [7, 11) is 1.51. The second-order valence-electron chi connectivity index (χ2n) is 7.95. The van der Waals surface area contributed by atoms with Crippen LogP contribution in [-0.4, -0.2) is 34.8 Å². The summed E-state index contributed by atoms with van der Waals surface area (Å²) in [6.45, 7) is 1.72. The molecule has 3 aromatic rings. The van der Waals surface area contributed by atoms with Crippen molar-refractivity contribution in [2.75, 3.05) is 7.11 Å². The Morgan fingerprint density at radius 2 is 1.87 bits per heavy atom. The molecule has 1 fully saturated rings. The van der Waals surface area contributed by atoms with Crippen molar-refractivity contribution in [3.05, 3.63) is 65.4 Å². The Bertz CT molecular complexity index is 1120. The summed E-state index contributed by atoms with van der Waals surface area (Å²) in [6, 6.07) is 13.1. The minimum absolute atomic E-state index is 0.128. The van der Waals surface area contributed by atoms with E-state index in [0.717, 1.165) is 36.6 Å². The second-order valence-corrected chi connectivity index (χ2v) is 7.95. The highest BCUT2D eigenvalue weighted by Gasteiger charge is 2.27. The van der Waals surface area contributed by atoms with Gasteiger partial charge in [-0.15, -0.1) is 0 Å². The topological polar surface area (TPSA) is 92.6 Å². The van der Waals surface area contributed by atoms with E-state index in [1.807, 2.05) is 41.1 Å². The lowest BCUT2D eigenvalue weighted by Crippen LogP contribution is -2.44. The van der Waals surface area contributed by atoms with Gasteiger partial charge in [-0.25, -0.2) is 9.59 Å². The van der Waals surface area contributed by atoms with Crippen LogP contribution in [0.25, 0.3) is 10.9 Å². The van der Waals surface area contributed by atoms with Gasteiger partial charge >= 0.3 is 12.0 Å². The molecule has 2 amide bonds. The first kappa shape index (κ1) is 20.8. The van der Waals surface area contributed by atoms with E-state index in [4.69, 9.17) is 4.74 Å². The molecule has 1 aliphatic rings. The molecule has 2 aromatic carbocycles. The molecule has 3 N–H and O–H groups in total. The van der Waals surface area contributed by atoms with Gasteiger partial charge in [0.1, 0.15) is 11.9 Å². The third-order valence-corrected chi connectivity index (χ3v) is 6.04. The van der Waals surface area contributed by atoms with Crippen LogP contribution in [0.2, 0.25) is 0 Å². The number of aromatic carboxylic acids is 1. The molecule has 7 heteroatoms. The van der Waals surface area contributed by atoms with Crippen molar-refractivity contribution in [2.45, 2.75) is 44.8 Å². The summed E-state index contributed by atoms with van der Waals surface area (Å²) in [5, 5.41) is 17.1. The van der Waals surface area contributed by atoms with Gasteiger partial charge in [0.2, 0.25) is 0 Å². The molecule has 1 heterocycles. The normalized spacial score (nSPS) is 15.0. The SMILES string of the molecule is COc1ccc(C(NC(=O)NC2CCCC2)n2ccc3ccccc32)c(C(=O)O)c1C. The number of amides is 2. The molecule has 1 atom stereocenters. The summed E-state index contributed by atoms with van der Waals surface area (Å²) in [5.74, 6) is -0.571. The highest BCUT2D eigenvalue weighted by molar-refractivity contribution is 5.92. The van der Waals surface area contributed by atoms with Gasteiger partial charge in [0.25, 0.3) is 0 Å². The van der Waals surface area contributed by atoms with E-state index in [1.165, 1.54) is 7.11 Å². The number of ether oxygens (including phenoxy) is 1. The monoisotopic (exact) mass is 421 g/mol. The predicted molar refractivity (Wildman–Crippen MR) is 119 cm³/mol. The number of carboxylic acids is 1. The third-order valence-electron chi connectivity index (χ3n) is 6.04. The van der Waals surface area contributed by atoms with Gasteiger partial charge in [0, 0.05) is 23.4 Å². The van der Waals surface area contributed by atoms with Crippen molar-refractivity contribution >= 4 is 22.9 Å². The van der Waals surface area contributed by atoms with Crippen LogP contribution in [0.15, 0.2) is 48.7 Å². The quantitative estimate of drug-likeness (QED) is 0.548. The zero-order valence-corrected chi connectivity index (χ0v) is 17.7. The zero-order chi connectivity index (χ0) is 22.0. The summed E-state index contributed by atoms with van der Waals surface area (Å²) in [5.41, 5.74) is 2.04.